The van der Waals surface area contributed by atoms with Gasteiger partial charge in [0.1, 0.15) is 0 Å². The van der Waals surface area contributed by atoms with Crippen LogP contribution in [0.1, 0.15) is 30.6 Å². The van der Waals surface area contributed by atoms with Crippen molar-refractivity contribution < 1.29 is 4.79 Å². The summed E-state index contributed by atoms with van der Waals surface area (Å²) in [6.45, 7) is 4.88. The van der Waals surface area contributed by atoms with Crippen LogP contribution in [-0.2, 0) is 0 Å². The molecule has 0 radical (unpaired) electrons. The van der Waals surface area contributed by atoms with Crippen LogP contribution in [0.15, 0.2) is 18.2 Å². The molecule has 0 saturated heterocycles. The molecular formula is C12H18Cl2N2O. The molecule has 0 bridgehead atoms. The number of hydrogen-bond donors (Lipinski definition) is 2. The highest BCUT2D eigenvalue weighted by Crippen LogP contribution is 2.18. The molecule has 0 aliphatic rings. The zero-order valence-corrected chi connectivity index (χ0v) is 11.6. The monoisotopic (exact) mass is 276 g/mol. The molecule has 0 heterocycles. The molecular weight excluding hydrogens is 259 g/mol. The lowest BCUT2D eigenvalue weighted by Crippen LogP contribution is -2.25. The number of nitrogens with two attached hydrogens (primary N) is 1. The fraction of sp³-hybridized carbons (Fsp3) is 0.417. The van der Waals surface area contributed by atoms with Gasteiger partial charge >= 0.3 is 0 Å². The Labute approximate surface area is 113 Å². The van der Waals surface area contributed by atoms with E-state index >= 15 is 0 Å². The van der Waals surface area contributed by atoms with E-state index in [9.17, 15) is 4.79 Å². The molecule has 0 aliphatic heterocycles. The third-order valence-electron chi connectivity index (χ3n) is 2.24. The summed E-state index contributed by atoms with van der Waals surface area (Å²) in [5.74, 6) is 0.398. The second-order valence-corrected chi connectivity index (χ2v) is 4.58. The van der Waals surface area contributed by atoms with Gasteiger partial charge in [-0.25, -0.2) is 0 Å². The molecule has 1 rings (SSSR count). The maximum absolute atomic E-state index is 11.7. The summed E-state index contributed by atoms with van der Waals surface area (Å²) >= 11 is 5.92. The Hall–Kier alpha value is -0.930. The first-order valence-corrected chi connectivity index (χ1v) is 5.71. The third kappa shape index (κ3) is 5.29. The van der Waals surface area contributed by atoms with Gasteiger partial charge in [-0.2, -0.15) is 0 Å². The van der Waals surface area contributed by atoms with Crippen LogP contribution in [0.2, 0.25) is 5.02 Å². The molecule has 0 aromatic heterocycles. The van der Waals surface area contributed by atoms with E-state index in [-0.39, 0.29) is 18.3 Å². The van der Waals surface area contributed by atoms with Crippen LogP contribution in [0.3, 0.4) is 0 Å². The fourth-order valence-corrected chi connectivity index (χ4v) is 1.49. The largest absolute Gasteiger partial charge is 0.399 e. The standard InChI is InChI=1S/C12H17ClN2O.ClH/c1-8(2)5-6-15-12(16)10-7-9(14)3-4-11(10)13;/h3-4,7-8H,5-6,14H2,1-2H3,(H,15,16);1H. The average Bonchev–Trinajstić information content (AvgIpc) is 2.21. The van der Waals surface area contributed by atoms with Crippen LogP contribution in [0.4, 0.5) is 5.69 Å². The van der Waals surface area contributed by atoms with Crippen LogP contribution in [0.25, 0.3) is 0 Å². The number of carbonyl (C=O) groups excluding carboxylic acids is 1. The number of hydrogen-bond acceptors (Lipinski definition) is 2. The number of anilines is 1. The molecule has 3 N–H and O–H groups in total. The minimum absolute atomic E-state index is 0. The zero-order valence-electron chi connectivity index (χ0n) is 10.00. The van der Waals surface area contributed by atoms with Crippen molar-refractivity contribution in [3.05, 3.63) is 28.8 Å². The Morgan fingerprint density at radius 3 is 2.71 bits per heavy atom. The quantitative estimate of drug-likeness (QED) is 0.831. The highest BCUT2D eigenvalue weighted by Gasteiger charge is 2.10. The lowest BCUT2D eigenvalue weighted by Gasteiger charge is -2.08. The van der Waals surface area contributed by atoms with Gasteiger partial charge in [0.2, 0.25) is 0 Å². The van der Waals surface area contributed by atoms with Crippen LogP contribution >= 0.6 is 24.0 Å². The van der Waals surface area contributed by atoms with E-state index in [1.165, 1.54) is 0 Å². The molecule has 0 aliphatic carbocycles. The first kappa shape index (κ1) is 16.1. The van der Waals surface area contributed by atoms with E-state index in [0.717, 1.165) is 6.42 Å². The molecule has 0 atom stereocenters. The van der Waals surface area contributed by atoms with Gasteiger partial charge in [-0.15, -0.1) is 12.4 Å². The van der Waals surface area contributed by atoms with E-state index in [4.69, 9.17) is 17.3 Å². The van der Waals surface area contributed by atoms with Crippen LogP contribution in [0, 0.1) is 5.92 Å². The zero-order chi connectivity index (χ0) is 12.1. The van der Waals surface area contributed by atoms with Crippen molar-refractivity contribution in [1.29, 1.82) is 0 Å². The minimum Gasteiger partial charge on any atom is -0.399 e. The van der Waals surface area contributed by atoms with E-state index in [2.05, 4.69) is 19.2 Å². The van der Waals surface area contributed by atoms with Gasteiger partial charge in [0.25, 0.3) is 5.91 Å². The molecule has 1 amide bonds. The Kier molecular flexibility index (Phi) is 7.00. The van der Waals surface area contributed by atoms with E-state index in [1.807, 2.05) is 0 Å². The Bertz CT molecular complexity index is 381. The summed E-state index contributed by atoms with van der Waals surface area (Å²) in [5, 5.41) is 3.25. The average molecular weight is 277 g/mol. The van der Waals surface area contributed by atoms with Gasteiger partial charge in [0.15, 0.2) is 0 Å². The summed E-state index contributed by atoms with van der Waals surface area (Å²) in [5.41, 5.74) is 6.58. The van der Waals surface area contributed by atoms with Gasteiger partial charge in [-0.3, -0.25) is 4.79 Å². The van der Waals surface area contributed by atoms with Crippen molar-refractivity contribution >= 4 is 35.6 Å². The molecule has 0 spiro atoms. The predicted molar refractivity (Wildman–Crippen MR) is 74.9 cm³/mol. The molecule has 1 aromatic carbocycles. The van der Waals surface area contributed by atoms with Crippen molar-refractivity contribution in [2.45, 2.75) is 20.3 Å². The summed E-state index contributed by atoms with van der Waals surface area (Å²) in [6.07, 6.45) is 0.950. The van der Waals surface area contributed by atoms with Crippen molar-refractivity contribution in [2.24, 2.45) is 5.92 Å². The smallest absolute Gasteiger partial charge is 0.252 e. The van der Waals surface area contributed by atoms with Gasteiger partial charge in [-0.1, -0.05) is 25.4 Å². The number of benzene rings is 1. The molecule has 0 unspecified atom stereocenters. The first-order valence-electron chi connectivity index (χ1n) is 5.34. The number of nitrogens with one attached hydrogen (secondary N) is 1. The number of amides is 1. The molecule has 1 aromatic rings. The SMILES string of the molecule is CC(C)CCNC(=O)c1cc(N)ccc1Cl.Cl. The topological polar surface area (TPSA) is 55.1 Å². The minimum atomic E-state index is -0.169. The number of nitrogen functional groups attached to an aromatic ring is 1. The van der Waals surface area contributed by atoms with Crippen molar-refractivity contribution in [3.8, 4) is 0 Å². The fourth-order valence-electron chi connectivity index (χ4n) is 1.29. The Morgan fingerprint density at radius 2 is 2.12 bits per heavy atom. The van der Waals surface area contributed by atoms with E-state index in [1.54, 1.807) is 18.2 Å². The second kappa shape index (κ2) is 7.41. The highest BCUT2D eigenvalue weighted by molar-refractivity contribution is 6.34. The van der Waals surface area contributed by atoms with Crippen molar-refractivity contribution in [1.82, 2.24) is 5.32 Å². The predicted octanol–water partition coefficient (Wildman–Crippen LogP) is 3.12. The van der Waals surface area contributed by atoms with Crippen LogP contribution in [-0.4, -0.2) is 12.5 Å². The van der Waals surface area contributed by atoms with Crippen molar-refractivity contribution in [3.63, 3.8) is 0 Å². The van der Waals surface area contributed by atoms with Crippen LogP contribution in [0.5, 0.6) is 0 Å². The summed E-state index contributed by atoms with van der Waals surface area (Å²) in [7, 11) is 0. The third-order valence-corrected chi connectivity index (χ3v) is 2.57. The highest BCUT2D eigenvalue weighted by atomic mass is 35.5. The first-order chi connectivity index (χ1) is 7.50. The second-order valence-electron chi connectivity index (χ2n) is 4.18. The summed E-state index contributed by atoms with van der Waals surface area (Å²) in [4.78, 5) is 11.7. The van der Waals surface area contributed by atoms with E-state index in [0.29, 0.717) is 28.7 Å². The van der Waals surface area contributed by atoms with Gasteiger partial charge < -0.3 is 11.1 Å². The Morgan fingerprint density at radius 1 is 1.47 bits per heavy atom. The molecule has 0 fully saturated rings. The lowest BCUT2D eigenvalue weighted by atomic mass is 10.1. The molecule has 5 heteroatoms. The number of halogens is 2. The van der Waals surface area contributed by atoms with Gasteiger partial charge in [0, 0.05) is 12.2 Å². The molecule has 96 valence electrons. The molecule has 17 heavy (non-hydrogen) atoms. The maximum atomic E-state index is 11.7. The Balaban J connectivity index is 0.00000256. The molecule has 3 nitrogen and oxygen atoms in total. The maximum Gasteiger partial charge on any atom is 0.252 e. The van der Waals surface area contributed by atoms with Gasteiger partial charge in [-0.05, 0) is 30.5 Å². The van der Waals surface area contributed by atoms with Crippen molar-refractivity contribution in [2.75, 3.05) is 12.3 Å². The number of carbonyl (C=O) groups is 1. The van der Waals surface area contributed by atoms with Gasteiger partial charge in [0.05, 0.1) is 10.6 Å². The lowest BCUT2D eigenvalue weighted by molar-refractivity contribution is 0.0952. The normalized spacial score (nSPS) is 9.88. The summed E-state index contributed by atoms with van der Waals surface area (Å²) in [6, 6.07) is 4.90. The molecule has 0 saturated carbocycles. The number of rotatable bonds is 4. The summed E-state index contributed by atoms with van der Waals surface area (Å²) < 4.78 is 0. The van der Waals surface area contributed by atoms with Crippen LogP contribution < -0.4 is 11.1 Å². The van der Waals surface area contributed by atoms with E-state index < -0.39 is 0 Å².